The summed E-state index contributed by atoms with van der Waals surface area (Å²) in [6.45, 7) is 0.649. The topological polar surface area (TPSA) is 51.2 Å². The number of carbonyl (C=O) groups excluding carboxylic acids is 1. The molecule has 1 atom stereocenters. The van der Waals surface area contributed by atoms with Crippen LogP contribution in [-0.4, -0.2) is 30.0 Å². The van der Waals surface area contributed by atoms with Gasteiger partial charge in [0.2, 0.25) is 0 Å². The van der Waals surface area contributed by atoms with Crippen molar-refractivity contribution in [3.8, 4) is 0 Å². The predicted molar refractivity (Wildman–Crippen MR) is 57.6 cm³/mol. The molecule has 4 nitrogen and oxygen atoms in total. The van der Waals surface area contributed by atoms with E-state index in [-0.39, 0.29) is 6.54 Å². The molecule has 0 radical (unpaired) electrons. The van der Waals surface area contributed by atoms with Crippen LogP contribution < -0.4 is 5.32 Å². The van der Waals surface area contributed by atoms with Gasteiger partial charge in [0, 0.05) is 19.3 Å². The van der Waals surface area contributed by atoms with Gasteiger partial charge in [0.05, 0.1) is 13.3 Å². The molecule has 88 valence electrons. The van der Waals surface area contributed by atoms with Crippen molar-refractivity contribution in [2.45, 2.75) is 11.9 Å². The third kappa shape index (κ3) is 4.12. The van der Waals surface area contributed by atoms with E-state index in [4.69, 9.17) is 11.6 Å². The lowest BCUT2D eigenvalue weighted by Crippen LogP contribution is -2.29. The van der Waals surface area contributed by atoms with Crippen LogP contribution in [0.4, 0.5) is 4.39 Å². The zero-order valence-corrected chi connectivity index (χ0v) is 9.50. The van der Waals surface area contributed by atoms with E-state index in [0.29, 0.717) is 12.1 Å². The first kappa shape index (κ1) is 12.9. The van der Waals surface area contributed by atoms with E-state index in [0.717, 1.165) is 6.20 Å². The Bertz CT molecular complexity index is 362. The quantitative estimate of drug-likeness (QED) is 0.624. The minimum absolute atomic E-state index is 0.255. The Morgan fingerprint density at radius 1 is 1.69 bits per heavy atom. The number of nitrogens with zero attached hydrogens (tertiary/aromatic N) is 1. The van der Waals surface area contributed by atoms with Crippen molar-refractivity contribution in [2.24, 2.45) is 0 Å². The summed E-state index contributed by atoms with van der Waals surface area (Å²) in [5, 5.41) is 2.16. The van der Waals surface area contributed by atoms with E-state index in [9.17, 15) is 9.18 Å². The van der Waals surface area contributed by atoms with Gasteiger partial charge in [0.25, 0.3) is 0 Å². The Kier molecular flexibility index (Phi) is 5.14. The highest BCUT2D eigenvalue weighted by Gasteiger charge is 2.14. The van der Waals surface area contributed by atoms with Crippen LogP contribution in [0, 0.1) is 5.82 Å². The average molecular weight is 247 g/mol. The lowest BCUT2D eigenvalue weighted by Gasteiger charge is -2.08. The number of pyridine rings is 1. The van der Waals surface area contributed by atoms with Crippen LogP contribution in [0.5, 0.6) is 0 Å². The van der Waals surface area contributed by atoms with Gasteiger partial charge < -0.3 is 10.1 Å². The Balaban J connectivity index is 2.33. The fourth-order valence-corrected chi connectivity index (χ4v) is 1.31. The molecule has 0 saturated heterocycles. The fraction of sp³-hybridized carbons (Fsp3) is 0.400. The maximum Gasteiger partial charge on any atom is 0.325 e. The third-order valence-corrected chi connectivity index (χ3v) is 2.20. The van der Waals surface area contributed by atoms with Gasteiger partial charge in [-0.2, -0.15) is 0 Å². The molecule has 1 aromatic rings. The highest BCUT2D eigenvalue weighted by atomic mass is 35.5. The second-order valence-electron chi connectivity index (χ2n) is 3.13. The molecule has 1 N–H and O–H groups in total. The maximum atomic E-state index is 12.7. The first-order valence-corrected chi connectivity index (χ1v) is 5.09. The number of hydrogen-bond acceptors (Lipinski definition) is 4. The van der Waals surface area contributed by atoms with Crippen LogP contribution in [0.2, 0.25) is 0 Å². The average Bonchev–Trinajstić information content (AvgIpc) is 2.28. The van der Waals surface area contributed by atoms with Crippen LogP contribution in [0.3, 0.4) is 0 Å². The summed E-state index contributed by atoms with van der Waals surface area (Å²) in [7, 11) is 1.27. The van der Waals surface area contributed by atoms with Crippen LogP contribution in [-0.2, 0) is 16.1 Å². The van der Waals surface area contributed by atoms with Crippen LogP contribution in [0.1, 0.15) is 5.56 Å². The minimum Gasteiger partial charge on any atom is -0.468 e. The molecular formula is C10H12ClFN2O2. The van der Waals surface area contributed by atoms with Crippen molar-refractivity contribution in [1.82, 2.24) is 10.3 Å². The first-order chi connectivity index (χ1) is 7.63. The van der Waals surface area contributed by atoms with Crippen molar-refractivity contribution in [3.63, 3.8) is 0 Å². The number of nitrogens with one attached hydrogen (secondary N) is 1. The lowest BCUT2D eigenvalue weighted by atomic mass is 10.3. The smallest absolute Gasteiger partial charge is 0.325 e. The summed E-state index contributed by atoms with van der Waals surface area (Å²) in [5.41, 5.74) is 0.689. The monoisotopic (exact) mass is 246 g/mol. The van der Waals surface area contributed by atoms with Gasteiger partial charge in [-0.3, -0.25) is 9.78 Å². The zero-order valence-electron chi connectivity index (χ0n) is 8.74. The van der Waals surface area contributed by atoms with Crippen LogP contribution >= 0.6 is 11.6 Å². The third-order valence-electron chi connectivity index (χ3n) is 1.87. The molecular weight excluding hydrogens is 235 g/mol. The van der Waals surface area contributed by atoms with Gasteiger partial charge in [-0.05, 0) is 11.6 Å². The first-order valence-electron chi connectivity index (χ1n) is 4.65. The van der Waals surface area contributed by atoms with Gasteiger partial charge in [-0.25, -0.2) is 4.39 Å². The number of hydrogen-bond donors (Lipinski definition) is 1. The number of esters is 1. The van der Waals surface area contributed by atoms with Crippen molar-refractivity contribution >= 4 is 17.6 Å². The highest BCUT2D eigenvalue weighted by molar-refractivity contribution is 6.30. The molecule has 0 aliphatic carbocycles. The Hall–Kier alpha value is -1.20. The molecule has 1 aromatic heterocycles. The molecule has 0 saturated carbocycles. The summed E-state index contributed by atoms with van der Waals surface area (Å²) in [5.74, 6) is -0.888. The Labute approximate surface area is 97.8 Å². The number of alkyl halides is 1. The summed E-state index contributed by atoms with van der Waals surface area (Å²) < 4.78 is 17.2. The Morgan fingerprint density at radius 2 is 2.44 bits per heavy atom. The van der Waals surface area contributed by atoms with Crippen molar-refractivity contribution in [3.05, 3.63) is 29.8 Å². The lowest BCUT2D eigenvalue weighted by molar-refractivity contribution is -0.140. The largest absolute Gasteiger partial charge is 0.468 e. The number of ether oxygens (including phenoxy) is 1. The molecule has 16 heavy (non-hydrogen) atoms. The second kappa shape index (κ2) is 6.40. The predicted octanol–water partition coefficient (Wildman–Crippen LogP) is 1.09. The molecule has 0 spiro atoms. The molecule has 1 unspecified atom stereocenters. The summed E-state index contributed by atoms with van der Waals surface area (Å²) in [4.78, 5) is 14.6. The normalized spacial score (nSPS) is 12.2. The van der Waals surface area contributed by atoms with E-state index in [1.165, 1.54) is 19.4 Å². The van der Waals surface area contributed by atoms with Crippen molar-refractivity contribution < 1.29 is 13.9 Å². The molecule has 0 aromatic carbocycles. The number of rotatable bonds is 5. The molecule has 0 amide bonds. The van der Waals surface area contributed by atoms with E-state index in [1.807, 2.05) is 0 Å². The number of aromatic nitrogens is 1. The van der Waals surface area contributed by atoms with Gasteiger partial charge in [-0.15, -0.1) is 11.6 Å². The maximum absolute atomic E-state index is 12.7. The standard InChI is InChI=1S/C10H12ClFN2O2/c1-16-10(15)9(11)6-14-4-7-2-8(12)5-13-3-7/h2-3,5,9,14H,4,6H2,1H3. The number of carbonyl (C=O) groups is 1. The number of halogens is 2. The van der Waals surface area contributed by atoms with Gasteiger partial charge in [0.15, 0.2) is 0 Å². The van der Waals surface area contributed by atoms with E-state index in [2.05, 4.69) is 15.0 Å². The molecule has 1 heterocycles. The Morgan fingerprint density at radius 3 is 3.06 bits per heavy atom. The summed E-state index contributed by atoms with van der Waals surface area (Å²) in [6, 6.07) is 1.36. The summed E-state index contributed by atoms with van der Waals surface area (Å²) >= 11 is 5.70. The fourth-order valence-electron chi connectivity index (χ4n) is 1.11. The molecule has 1 rings (SSSR count). The highest BCUT2D eigenvalue weighted by Crippen LogP contribution is 2.01. The molecule has 0 fully saturated rings. The second-order valence-corrected chi connectivity index (χ2v) is 3.66. The molecule has 0 aliphatic heterocycles. The molecule has 0 aliphatic rings. The van der Waals surface area contributed by atoms with Crippen LogP contribution in [0.25, 0.3) is 0 Å². The van der Waals surface area contributed by atoms with Gasteiger partial charge >= 0.3 is 5.97 Å². The van der Waals surface area contributed by atoms with Crippen LogP contribution in [0.15, 0.2) is 18.5 Å². The minimum atomic E-state index is -0.744. The SMILES string of the molecule is COC(=O)C(Cl)CNCc1cncc(F)c1. The van der Waals surface area contributed by atoms with E-state index >= 15 is 0 Å². The zero-order chi connectivity index (χ0) is 12.0. The van der Waals surface area contributed by atoms with Gasteiger partial charge in [-0.1, -0.05) is 0 Å². The van der Waals surface area contributed by atoms with E-state index in [1.54, 1.807) is 0 Å². The van der Waals surface area contributed by atoms with Gasteiger partial charge in [0.1, 0.15) is 11.2 Å². The molecule has 0 bridgehead atoms. The summed E-state index contributed by atoms with van der Waals surface area (Å²) in [6.07, 6.45) is 2.67. The number of methoxy groups -OCH3 is 1. The van der Waals surface area contributed by atoms with Crippen molar-refractivity contribution in [1.29, 1.82) is 0 Å². The molecule has 6 heteroatoms. The van der Waals surface area contributed by atoms with Crippen molar-refractivity contribution in [2.75, 3.05) is 13.7 Å². The van der Waals surface area contributed by atoms with E-state index < -0.39 is 17.2 Å².